The Morgan fingerprint density at radius 3 is 2.62 bits per heavy atom. The number of nitrogens with zero attached hydrogens (tertiary/aromatic N) is 2. The summed E-state index contributed by atoms with van der Waals surface area (Å²) in [6.07, 6.45) is 5.02. The Kier molecular flexibility index (Phi) is 7.43. The number of pyridine rings is 1. The molecule has 0 saturated heterocycles. The maximum Gasteiger partial charge on any atom is 0.0283 e. The van der Waals surface area contributed by atoms with Crippen LogP contribution in [-0.4, -0.2) is 17.7 Å². The van der Waals surface area contributed by atoms with E-state index < -0.39 is 0 Å². The van der Waals surface area contributed by atoms with E-state index in [1.807, 2.05) is 12.3 Å². The molecule has 0 aliphatic carbocycles. The largest absolute Gasteiger partial charge is 0.405 e. The Morgan fingerprint density at radius 1 is 1.56 bits per heavy atom. The third kappa shape index (κ3) is 4.14. The predicted octanol–water partition coefficient (Wildman–Crippen LogP) is 1.89. The molecule has 0 saturated carbocycles. The van der Waals surface area contributed by atoms with Gasteiger partial charge in [-0.05, 0) is 23.9 Å². The zero-order valence-corrected chi connectivity index (χ0v) is 12.8. The van der Waals surface area contributed by atoms with Crippen LogP contribution in [0.5, 0.6) is 0 Å². The van der Waals surface area contributed by atoms with Crippen molar-refractivity contribution in [2.45, 2.75) is 19.8 Å². The normalized spacial score (nSPS) is 11.9. The predicted molar refractivity (Wildman–Crippen MR) is 63.0 cm³/mol. The summed E-state index contributed by atoms with van der Waals surface area (Å²) in [5, 5.41) is 0. The van der Waals surface area contributed by atoms with E-state index >= 15 is 0 Å². The van der Waals surface area contributed by atoms with Crippen LogP contribution >= 0.6 is 0 Å². The first kappa shape index (κ1) is 15.5. The number of hydrogen-bond donors (Lipinski definition) is 1. The first-order valence-electron chi connectivity index (χ1n) is 4.92. The van der Waals surface area contributed by atoms with E-state index in [0.717, 1.165) is 17.0 Å². The molecule has 4 heteroatoms. The minimum Gasteiger partial charge on any atom is -0.405 e. The molecule has 1 aromatic heterocycles. The fourth-order valence-electron chi connectivity index (χ4n) is 1.19. The van der Waals surface area contributed by atoms with Gasteiger partial charge in [0.2, 0.25) is 0 Å². The van der Waals surface area contributed by atoms with E-state index in [4.69, 9.17) is 5.73 Å². The molecule has 0 spiro atoms. The molecule has 3 nitrogen and oxygen atoms in total. The van der Waals surface area contributed by atoms with Crippen molar-refractivity contribution < 1.29 is 32.7 Å². The summed E-state index contributed by atoms with van der Waals surface area (Å²) < 4.78 is 0. The first-order valence-corrected chi connectivity index (χ1v) is 4.92. The van der Waals surface area contributed by atoms with Gasteiger partial charge < -0.3 is 10.7 Å². The van der Waals surface area contributed by atoms with E-state index in [2.05, 4.69) is 29.9 Å². The van der Waals surface area contributed by atoms with Crippen molar-refractivity contribution in [3.8, 4) is 0 Å². The summed E-state index contributed by atoms with van der Waals surface area (Å²) in [5.74, 6) is 0.443. The number of rotatable bonds is 3. The molecule has 2 N–H and O–H groups in total. The van der Waals surface area contributed by atoms with Gasteiger partial charge in [0.25, 0.3) is 0 Å². The zero-order chi connectivity index (χ0) is 11.3. The van der Waals surface area contributed by atoms with Crippen molar-refractivity contribution in [2.75, 3.05) is 7.05 Å². The average Bonchev–Trinajstić information content (AvgIpc) is 2.26. The van der Waals surface area contributed by atoms with Crippen molar-refractivity contribution in [3.63, 3.8) is 0 Å². The summed E-state index contributed by atoms with van der Waals surface area (Å²) >= 11 is 0. The Balaban J connectivity index is 0.00000225. The molecule has 0 aliphatic rings. The number of nitrogens with two attached hydrogens (primary N) is 1. The Morgan fingerprint density at radius 2 is 2.25 bits per heavy atom. The standard InChI is InChI=1S/C12H16N3.Y/c1-9(2)10-4-5-12(15-8-10)11(14-3)6-7-13;/h5-9H,13H2,1-3H3;/q-1;/b7-6-,14-11?;. The van der Waals surface area contributed by atoms with Gasteiger partial charge in [-0.1, -0.05) is 20.0 Å². The van der Waals surface area contributed by atoms with Crippen LogP contribution in [0.15, 0.2) is 29.5 Å². The maximum atomic E-state index is 5.32. The average molecular weight is 291 g/mol. The molecule has 0 amide bonds. The van der Waals surface area contributed by atoms with Crippen LogP contribution in [0.4, 0.5) is 0 Å². The van der Waals surface area contributed by atoms with E-state index in [-0.39, 0.29) is 32.7 Å². The van der Waals surface area contributed by atoms with E-state index in [1.165, 1.54) is 6.20 Å². The summed E-state index contributed by atoms with van der Waals surface area (Å²) in [7, 11) is 1.72. The summed E-state index contributed by atoms with van der Waals surface area (Å²) in [5.41, 5.74) is 7.99. The summed E-state index contributed by atoms with van der Waals surface area (Å²) in [6.45, 7) is 4.23. The van der Waals surface area contributed by atoms with Crippen LogP contribution in [0.25, 0.3) is 0 Å². The number of aromatic nitrogens is 1. The number of aliphatic imine (C=N–C) groups is 1. The second-order valence-electron chi connectivity index (χ2n) is 3.51. The molecular weight excluding hydrogens is 275 g/mol. The molecule has 1 heterocycles. The van der Waals surface area contributed by atoms with Gasteiger partial charge in [0, 0.05) is 45.5 Å². The molecule has 0 atom stereocenters. The molecular formula is C12H16N3Y-. The van der Waals surface area contributed by atoms with Crippen molar-refractivity contribution in [1.82, 2.24) is 4.98 Å². The zero-order valence-electron chi connectivity index (χ0n) is 9.94. The maximum absolute atomic E-state index is 5.32. The van der Waals surface area contributed by atoms with Crippen LogP contribution in [0.1, 0.15) is 31.0 Å². The second kappa shape index (κ2) is 7.69. The van der Waals surface area contributed by atoms with Crippen LogP contribution in [-0.2, 0) is 32.7 Å². The fraction of sp³-hybridized carbons (Fsp3) is 0.333. The third-order valence-corrected chi connectivity index (χ3v) is 2.10. The van der Waals surface area contributed by atoms with E-state index in [9.17, 15) is 0 Å². The smallest absolute Gasteiger partial charge is 0.0283 e. The van der Waals surface area contributed by atoms with Gasteiger partial charge in [-0.2, -0.15) is 6.07 Å². The molecule has 83 valence electrons. The summed E-state index contributed by atoms with van der Waals surface area (Å²) in [4.78, 5) is 8.41. The van der Waals surface area contributed by atoms with Gasteiger partial charge in [0.1, 0.15) is 0 Å². The van der Waals surface area contributed by atoms with Crippen molar-refractivity contribution in [3.05, 3.63) is 41.9 Å². The van der Waals surface area contributed by atoms with Crippen molar-refractivity contribution in [1.29, 1.82) is 0 Å². The molecule has 0 bridgehead atoms. The summed E-state index contributed by atoms with van der Waals surface area (Å²) in [6, 6.07) is 5.04. The van der Waals surface area contributed by atoms with Crippen LogP contribution in [0, 0.1) is 6.07 Å². The first-order chi connectivity index (χ1) is 7.19. The van der Waals surface area contributed by atoms with E-state index in [1.54, 1.807) is 13.1 Å². The minimum atomic E-state index is 0. The molecule has 0 aromatic carbocycles. The fourth-order valence-corrected chi connectivity index (χ4v) is 1.19. The molecule has 16 heavy (non-hydrogen) atoms. The van der Waals surface area contributed by atoms with Crippen LogP contribution in [0.3, 0.4) is 0 Å². The third-order valence-electron chi connectivity index (χ3n) is 2.10. The van der Waals surface area contributed by atoms with Gasteiger partial charge in [0.05, 0.1) is 0 Å². The van der Waals surface area contributed by atoms with Gasteiger partial charge >= 0.3 is 0 Å². The Hall–Kier alpha value is -0.536. The van der Waals surface area contributed by atoms with Crippen molar-refractivity contribution in [2.24, 2.45) is 10.7 Å². The molecule has 0 aliphatic heterocycles. The Labute approximate surface area is 122 Å². The van der Waals surface area contributed by atoms with Gasteiger partial charge in [-0.25, -0.2) is 0 Å². The molecule has 0 unspecified atom stereocenters. The Bertz CT molecular complexity index is 366. The van der Waals surface area contributed by atoms with Gasteiger partial charge in [-0.15, -0.1) is 11.6 Å². The SMILES string of the molecule is CN=C(/C=C\N)c1c[c-]c(C(C)C)cn1.[Y]. The molecule has 1 aromatic rings. The van der Waals surface area contributed by atoms with Gasteiger partial charge in [-0.3, -0.25) is 4.99 Å². The number of hydrogen-bond acceptors (Lipinski definition) is 3. The van der Waals surface area contributed by atoms with Crippen LogP contribution < -0.4 is 5.73 Å². The number of allylic oxidation sites excluding steroid dienone is 1. The van der Waals surface area contributed by atoms with E-state index in [0.29, 0.717) is 5.92 Å². The van der Waals surface area contributed by atoms with Crippen LogP contribution in [0.2, 0.25) is 0 Å². The quantitative estimate of drug-likeness (QED) is 0.683. The second-order valence-corrected chi connectivity index (χ2v) is 3.51. The topological polar surface area (TPSA) is 51.3 Å². The minimum absolute atomic E-state index is 0. The van der Waals surface area contributed by atoms with Gasteiger partial charge in [0.15, 0.2) is 0 Å². The molecule has 1 rings (SSSR count). The molecule has 0 fully saturated rings. The monoisotopic (exact) mass is 291 g/mol. The van der Waals surface area contributed by atoms with Crippen molar-refractivity contribution >= 4 is 5.71 Å². The molecule has 1 radical (unpaired) electrons.